The number of ether oxygens (including phenoxy) is 3. The maximum absolute atomic E-state index is 12.9. The number of hydrogen-bond acceptors (Lipinski definition) is 7. The van der Waals surface area contributed by atoms with Crippen LogP contribution in [0.4, 0.5) is 11.4 Å². The van der Waals surface area contributed by atoms with Crippen LogP contribution in [0.15, 0.2) is 53.9 Å². The molecule has 2 amide bonds. The largest absolute Gasteiger partial charge is 0.490 e. The third kappa shape index (κ3) is 7.17. The van der Waals surface area contributed by atoms with Crippen molar-refractivity contribution in [1.82, 2.24) is 5.32 Å². The van der Waals surface area contributed by atoms with E-state index in [0.717, 1.165) is 0 Å². The molecule has 8 nitrogen and oxygen atoms in total. The molecule has 0 saturated carbocycles. The van der Waals surface area contributed by atoms with Crippen molar-refractivity contribution in [1.29, 1.82) is 0 Å². The van der Waals surface area contributed by atoms with E-state index in [1.165, 1.54) is 11.3 Å². The molecule has 0 aliphatic heterocycles. The number of carbonyl (C=O) groups is 2. The van der Waals surface area contributed by atoms with Crippen molar-refractivity contribution in [2.45, 2.75) is 20.8 Å². The van der Waals surface area contributed by atoms with E-state index in [1.54, 1.807) is 42.5 Å². The van der Waals surface area contributed by atoms with E-state index in [4.69, 9.17) is 26.4 Å². The number of thiocarbonyl (C=S) groups is 1. The molecule has 3 aromatic rings. The third-order valence-corrected chi connectivity index (χ3v) is 5.62. The lowest BCUT2D eigenvalue weighted by Crippen LogP contribution is -2.34. The highest BCUT2D eigenvalue weighted by molar-refractivity contribution is 7.80. The van der Waals surface area contributed by atoms with Crippen LogP contribution in [0.5, 0.6) is 17.2 Å². The Morgan fingerprint density at radius 3 is 1.91 bits per heavy atom. The molecule has 0 aliphatic carbocycles. The first-order valence-electron chi connectivity index (χ1n) is 11.1. The molecule has 3 N–H and O–H groups in total. The minimum absolute atomic E-state index is 0.121. The van der Waals surface area contributed by atoms with E-state index < -0.39 is 5.91 Å². The van der Waals surface area contributed by atoms with Gasteiger partial charge in [0.25, 0.3) is 11.8 Å². The van der Waals surface area contributed by atoms with Crippen LogP contribution in [0.2, 0.25) is 0 Å². The van der Waals surface area contributed by atoms with Gasteiger partial charge in [0, 0.05) is 16.9 Å². The zero-order valence-electron chi connectivity index (χ0n) is 19.7. The van der Waals surface area contributed by atoms with Gasteiger partial charge in [-0.1, -0.05) is 6.07 Å². The van der Waals surface area contributed by atoms with Crippen molar-refractivity contribution in [2.24, 2.45) is 0 Å². The third-order valence-electron chi connectivity index (χ3n) is 4.54. The zero-order chi connectivity index (χ0) is 25.2. The van der Waals surface area contributed by atoms with Crippen molar-refractivity contribution < 1.29 is 23.8 Å². The van der Waals surface area contributed by atoms with Crippen LogP contribution in [0.1, 0.15) is 40.8 Å². The van der Waals surface area contributed by atoms with Crippen LogP contribution in [-0.2, 0) is 0 Å². The Kier molecular flexibility index (Phi) is 9.45. The summed E-state index contributed by atoms with van der Waals surface area (Å²) in [6, 6.07) is 13.8. The van der Waals surface area contributed by atoms with Crippen molar-refractivity contribution in [3.8, 4) is 17.2 Å². The quantitative estimate of drug-likeness (QED) is 0.316. The number of thiophene rings is 1. The van der Waals surface area contributed by atoms with Gasteiger partial charge in [-0.05, 0) is 80.8 Å². The van der Waals surface area contributed by atoms with Crippen LogP contribution >= 0.6 is 23.6 Å². The van der Waals surface area contributed by atoms with E-state index in [-0.39, 0.29) is 11.0 Å². The Morgan fingerprint density at radius 2 is 1.40 bits per heavy atom. The summed E-state index contributed by atoms with van der Waals surface area (Å²) in [6.07, 6.45) is 0. The van der Waals surface area contributed by atoms with Gasteiger partial charge in [0.15, 0.2) is 16.6 Å². The summed E-state index contributed by atoms with van der Waals surface area (Å²) in [5.41, 5.74) is 1.61. The van der Waals surface area contributed by atoms with Crippen LogP contribution in [0.3, 0.4) is 0 Å². The van der Waals surface area contributed by atoms with Gasteiger partial charge in [0.05, 0.1) is 24.7 Å². The lowest BCUT2D eigenvalue weighted by molar-refractivity contribution is 0.0975. The standard InChI is InChI=1S/C25H27N3O5S2/c1-4-31-19-14-16(15-20(32-5-2)22(19)33-6-3)23(29)28-25(34)27-18-11-9-17(10-12-18)26-24(30)21-8-7-13-35-21/h7-15H,4-6H2,1-3H3,(H,26,30)(H2,27,28,29,34). The van der Waals surface area contributed by atoms with Gasteiger partial charge in [-0.25, -0.2) is 0 Å². The number of hydrogen-bond donors (Lipinski definition) is 3. The van der Waals surface area contributed by atoms with E-state index in [2.05, 4.69) is 16.0 Å². The van der Waals surface area contributed by atoms with Crippen LogP contribution < -0.4 is 30.2 Å². The molecule has 0 bridgehead atoms. The van der Waals surface area contributed by atoms with Crippen molar-refractivity contribution >= 4 is 51.9 Å². The van der Waals surface area contributed by atoms with E-state index >= 15 is 0 Å². The number of carbonyl (C=O) groups excluding carboxylic acids is 2. The molecule has 10 heteroatoms. The van der Waals surface area contributed by atoms with Crippen molar-refractivity contribution in [2.75, 3.05) is 30.5 Å². The fourth-order valence-corrected chi connectivity index (χ4v) is 3.92. The van der Waals surface area contributed by atoms with Gasteiger partial charge in [0.1, 0.15) is 0 Å². The second kappa shape index (κ2) is 12.7. The fraction of sp³-hybridized carbons (Fsp3) is 0.240. The number of nitrogens with one attached hydrogen (secondary N) is 3. The summed E-state index contributed by atoms with van der Waals surface area (Å²) >= 11 is 6.68. The van der Waals surface area contributed by atoms with Gasteiger partial charge >= 0.3 is 0 Å². The minimum atomic E-state index is -0.424. The molecule has 184 valence electrons. The second-order valence-electron chi connectivity index (χ2n) is 7.02. The van der Waals surface area contributed by atoms with Crippen LogP contribution in [-0.4, -0.2) is 36.7 Å². The van der Waals surface area contributed by atoms with Gasteiger partial charge in [-0.2, -0.15) is 0 Å². The SMILES string of the molecule is CCOc1cc(C(=O)NC(=S)Nc2ccc(NC(=O)c3cccs3)cc2)cc(OCC)c1OCC. The molecule has 0 spiro atoms. The lowest BCUT2D eigenvalue weighted by atomic mass is 10.1. The maximum Gasteiger partial charge on any atom is 0.265 e. The normalized spacial score (nSPS) is 10.3. The first-order valence-corrected chi connectivity index (χ1v) is 12.4. The molecule has 3 rings (SSSR count). The summed E-state index contributed by atoms with van der Waals surface area (Å²) in [5.74, 6) is 0.706. The van der Waals surface area contributed by atoms with E-state index in [1.807, 2.05) is 32.2 Å². The molecular weight excluding hydrogens is 486 g/mol. The Morgan fingerprint density at radius 1 is 0.829 bits per heavy atom. The van der Waals surface area contributed by atoms with Crippen molar-refractivity contribution in [3.63, 3.8) is 0 Å². The summed E-state index contributed by atoms with van der Waals surface area (Å²) in [5, 5.41) is 10.4. The van der Waals surface area contributed by atoms with Gasteiger partial charge in [-0.3, -0.25) is 14.9 Å². The van der Waals surface area contributed by atoms with Gasteiger partial charge in [-0.15, -0.1) is 11.3 Å². The molecule has 0 aliphatic rings. The first kappa shape index (κ1) is 26.0. The zero-order valence-corrected chi connectivity index (χ0v) is 21.3. The van der Waals surface area contributed by atoms with Crippen LogP contribution in [0, 0.1) is 0 Å². The number of amides is 2. The topological polar surface area (TPSA) is 97.9 Å². The molecule has 0 atom stereocenters. The van der Waals surface area contributed by atoms with Gasteiger partial charge in [0.2, 0.25) is 5.75 Å². The minimum Gasteiger partial charge on any atom is -0.490 e. The Labute approximate surface area is 213 Å². The Balaban J connectivity index is 1.65. The maximum atomic E-state index is 12.9. The second-order valence-corrected chi connectivity index (χ2v) is 8.37. The summed E-state index contributed by atoms with van der Waals surface area (Å²) < 4.78 is 17.0. The summed E-state index contributed by atoms with van der Waals surface area (Å²) in [4.78, 5) is 25.7. The fourth-order valence-electron chi connectivity index (χ4n) is 3.09. The molecule has 35 heavy (non-hydrogen) atoms. The molecule has 1 aromatic heterocycles. The Bertz CT molecular complexity index is 1140. The number of anilines is 2. The van der Waals surface area contributed by atoms with Crippen LogP contribution in [0.25, 0.3) is 0 Å². The highest BCUT2D eigenvalue weighted by Crippen LogP contribution is 2.39. The number of rotatable bonds is 10. The highest BCUT2D eigenvalue weighted by atomic mass is 32.1. The molecular formula is C25H27N3O5S2. The van der Waals surface area contributed by atoms with E-state index in [0.29, 0.717) is 58.9 Å². The average molecular weight is 514 g/mol. The molecule has 0 fully saturated rings. The highest BCUT2D eigenvalue weighted by Gasteiger charge is 2.19. The summed E-state index contributed by atoms with van der Waals surface area (Å²) in [7, 11) is 0. The lowest BCUT2D eigenvalue weighted by Gasteiger charge is -2.17. The smallest absolute Gasteiger partial charge is 0.265 e. The predicted octanol–water partition coefficient (Wildman–Crippen LogP) is 5.32. The molecule has 0 unspecified atom stereocenters. The molecule has 1 heterocycles. The predicted molar refractivity (Wildman–Crippen MR) is 142 cm³/mol. The molecule has 2 aromatic carbocycles. The van der Waals surface area contributed by atoms with E-state index in [9.17, 15) is 9.59 Å². The Hall–Kier alpha value is -3.63. The first-order chi connectivity index (χ1) is 16.9. The monoisotopic (exact) mass is 513 g/mol. The molecule has 0 radical (unpaired) electrons. The molecule has 0 saturated heterocycles. The number of benzene rings is 2. The average Bonchev–Trinajstić information content (AvgIpc) is 3.38. The van der Waals surface area contributed by atoms with Gasteiger partial charge < -0.3 is 24.8 Å². The van der Waals surface area contributed by atoms with Crippen molar-refractivity contribution in [3.05, 3.63) is 64.4 Å². The summed E-state index contributed by atoms with van der Waals surface area (Å²) in [6.45, 7) is 6.79.